The van der Waals surface area contributed by atoms with Gasteiger partial charge in [-0.1, -0.05) is 91.8 Å². The molecule has 1 heterocycles. The third-order valence-corrected chi connectivity index (χ3v) is 21.8. The van der Waals surface area contributed by atoms with E-state index >= 15 is 0 Å². The maximum absolute atomic E-state index is 6.58. The summed E-state index contributed by atoms with van der Waals surface area (Å²) in [6.07, 6.45) is 10.5. The minimum Gasteiger partial charge on any atom is -0.413 e. The molecular weight excluding hydrogens is 537 g/mol. The van der Waals surface area contributed by atoms with Gasteiger partial charge in [-0.2, -0.15) is 5.10 Å². The molecule has 0 spiro atoms. The van der Waals surface area contributed by atoms with Crippen LogP contribution in [0.15, 0.2) is 28.4 Å². The Hall–Kier alpha value is -0.696. The van der Waals surface area contributed by atoms with Crippen molar-refractivity contribution in [2.45, 2.75) is 156 Å². The lowest BCUT2D eigenvalue weighted by Gasteiger charge is -2.49. The van der Waals surface area contributed by atoms with Crippen LogP contribution in [-0.4, -0.2) is 60.0 Å². The Balaban J connectivity index is 3.60. The van der Waals surface area contributed by atoms with Crippen LogP contribution in [0.25, 0.3) is 0 Å². The second-order valence-corrected chi connectivity index (χ2v) is 26.4. The Labute approximate surface area is 258 Å². The van der Waals surface area contributed by atoms with Crippen LogP contribution in [0.3, 0.4) is 0 Å². The Morgan fingerprint density at radius 3 is 2.12 bits per heavy atom. The average Bonchev–Trinajstić information content (AvgIpc) is 3.26. The van der Waals surface area contributed by atoms with E-state index in [4.69, 9.17) is 14.3 Å². The van der Waals surface area contributed by atoms with Crippen molar-refractivity contribution in [1.82, 2.24) is 5.01 Å². The van der Waals surface area contributed by atoms with E-state index in [1.165, 1.54) is 29.7 Å². The van der Waals surface area contributed by atoms with E-state index in [9.17, 15) is 0 Å². The zero-order valence-electron chi connectivity index (χ0n) is 30.3. The summed E-state index contributed by atoms with van der Waals surface area (Å²) in [5, 5.41) is 8.54. The van der Waals surface area contributed by atoms with Crippen LogP contribution in [0, 0.1) is 11.8 Å². The molecule has 0 N–H and O–H groups in total. The van der Waals surface area contributed by atoms with Gasteiger partial charge in [0, 0.05) is 19.4 Å². The van der Waals surface area contributed by atoms with Gasteiger partial charge in [-0.15, -0.1) is 0 Å². The monoisotopic (exact) mass is 606 g/mol. The highest BCUT2D eigenvalue weighted by molar-refractivity contribution is 6.84. The quantitative estimate of drug-likeness (QED) is 0.0995. The van der Waals surface area contributed by atoms with Gasteiger partial charge in [-0.3, -0.25) is 5.01 Å². The fourth-order valence-electron chi connectivity index (χ4n) is 5.68. The predicted octanol–water partition coefficient (Wildman–Crippen LogP) is 10.7. The normalized spacial score (nSPS) is 19.6. The molecule has 3 atom stereocenters. The van der Waals surface area contributed by atoms with Gasteiger partial charge in [0.05, 0.1) is 27.3 Å². The molecule has 240 valence electrons. The molecule has 1 rings (SSSR count). The van der Waals surface area contributed by atoms with E-state index in [0.717, 1.165) is 39.0 Å². The number of hydrogen-bond acceptors (Lipinski definition) is 4. The van der Waals surface area contributed by atoms with E-state index in [1.54, 1.807) is 0 Å². The smallest absolute Gasteiger partial charge is 0.192 e. The Bertz CT molecular complexity index is 892. The van der Waals surface area contributed by atoms with E-state index in [2.05, 4.69) is 120 Å². The molecule has 0 bridgehead atoms. The minimum absolute atomic E-state index is 0.225. The third-order valence-electron chi connectivity index (χ3n) is 11.1. The van der Waals surface area contributed by atoms with Gasteiger partial charge in [-0.05, 0) is 93.4 Å². The van der Waals surface area contributed by atoms with Crippen molar-refractivity contribution >= 4 is 22.1 Å². The molecule has 1 fully saturated rings. The van der Waals surface area contributed by atoms with Crippen molar-refractivity contribution in [2.24, 2.45) is 16.9 Å². The van der Waals surface area contributed by atoms with Crippen LogP contribution < -0.4 is 0 Å². The van der Waals surface area contributed by atoms with Crippen molar-refractivity contribution in [3.63, 3.8) is 0 Å². The summed E-state index contributed by atoms with van der Waals surface area (Å²) in [5.41, 5.74) is 4.77. The molecule has 0 amide bonds. The summed E-state index contributed by atoms with van der Waals surface area (Å²) < 4.78 is 12.2. The first kappa shape index (κ1) is 38.3. The first-order chi connectivity index (χ1) is 18.7. The lowest BCUT2D eigenvalue weighted by Crippen LogP contribution is -2.50. The molecule has 0 unspecified atom stereocenters. The summed E-state index contributed by atoms with van der Waals surface area (Å²) in [4.78, 5) is 0. The molecule has 6 heteroatoms. The topological polar surface area (TPSA) is 34.1 Å². The predicted molar refractivity (Wildman–Crippen MR) is 189 cm³/mol. The van der Waals surface area contributed by atoms with Gasteiger partial charge in [0.15, 0.2) is 8.32 Å². The van der Waals surface area contributed by atoms with Gasteiger partial charge < -0.3 is 9.16 Å². The fraction of sp³-hybridized carbons (Fsp3) is 0.857. The number of ether oxygens (including phenoxy) is 1. The third kappa shape index (κ3) is 10.8. The molecule has 0 aromatic heterocycles. The van der Waals surface area contributed by atoms with Crippen molar-refractivity contribution < 1.29 is 9.16 Å². The molecule has 4 nitrogen and oxygen atoms in total. The lowest BCUT2D eigenvalue weighted by molar-refractivity contribution is 0.117. The second kappa shape index (κ2) is 15.9. The number of hydrogen-bond donors (Lipinski definition) is 0. The fourth-order valence-corrected chi connectivity index (χ4v) is 10.9. The maximum Gasteiger partial charge on any atom is 0.192 e. The molecule has 0 aliphatic carbocycles. The van der Waals surface area contributed by atoms with Gasteiger partial charge >= 0.3 is 0 Å². The van der Waals surface area contributed by atoms with Crippen molar-refractivity contribution in [1.29, 1.82) is 0 Å². The van der Waals surface area contributed by atoms with E-state index in [0.29, 0.717) is 23.4 Å². The molecule has 41 heavy (non-hydrogen) atoms. The molecule has 0 radical (unpaired) electrons. The van der Waals surface area contributed by atoms with Gasteiger partial charge in [-0.25, -0.2) is 0 Å². The molecule has 0 saturated carbocycles. The van der Waals surface area contributed by atoms with Crippen LogP contribution in [0.2, 0.25) is 41.8 Å². The molecular formula is C35H70N2O2Si2. The highest BCUT2D eigenvalue weighted by Crippen LogP contribution is 2.52. The molecule has 1 saturated heterocycles. The first-order valence-corrected chi connectivity index (χ1v) is 22.4. The standard InChI is InChI=1S/C35H70N2O2Si2/c1-27(2)19-17-20-30(6)33(36-37-23-18-21-31(37)26-38-12)32(40(13,14)35(10,11)28(3)4)25-29(5)22-24-39-41(15,16)34(7,8)9/h19,22,28,30-32H,17-18,20-21,23-26H2,1-16H3/b29-22+,36-33-/t30-,31-,32-/m0/s1. The van der Waals surface area contributed by atoms with Crippen molar-refractivity contribution in [2.75, 3.05) is 26.9 Å². The zero-order valence-corrected chi connectivity index (χ0v) is 32.3. The molecule has 1 aliphatic rings. The number of methoxy groups -OCH3 is 1. The molecule has 0 aromatic rings. The SMILES string of the molecule is COC[C@@H]1CCCN1/N=C(/[C@@H](C)CCC=C(C)C)[C@H](C/C(C)=C/CO[Si](C)(C)C(C)(C)C)[Si](C)(C)C(C)(C)C(C)C. The van der Waals surface area contributed by atoms with Crippen LogP contribution >= 0.6 is 0 Å². The summed E-state index contributed by atoms with van der Waals surface area (Å²) in [5.74, 6) is 1.05. The Morgan fingerprint density at radius 1 is 1.00 bits per heavy atom. The van der Waals surface area contributed by atoms with Gasteiger partial charge in [0.1, 0.15) is 0 Å². The number of rotatable bonds is 16. The summed E-state index contributed by atoms with van der Waals surface area (Å²) in [7, 11) is -1.82. The summed E-state index contributed by atoms with van der Waals surface area (Å²) in [6, 6.07) is 0.387. The largest absolute Gasteiger partial charge is 0.413 e. The van der Waals surface area contributed by atoms with Gasteiger partial charge in [0.25, 0.3) is 0 Å². The second-order valence-electron chi connectivity index (χ2n) is 16.2. The van der Waals surface area contributed by atoms with Crippen molar-refractivity contribution in [3.8, 4) is 0 Å². The summed E-state index contributed by atoms with van der Waals surface area (Å²) >= 11 is 0. The van der Waals surface area contributed by atoms with Crippen LogP contribution in [0.5, 0.6) is 0 Å². The summed E-state index contributed by atoms with van der Waals surface area (Å²) in [6.45, 7) is 38.6. The minimum atomic E-state index is -1.87. The number of hydrazone groups is 1. The highest BCUT2D eigenvalue weighted by atomic mass is 28.4. The van der Waals surface area contributed by atoms with E-state index in [1.807, 2.05) is 7.11 Å². The van der Waals surface area contributed by atoms with Crippen LogP contribution in [0.4, 0.5) is 0 Å². The van der Waals surface area contributed by atoms with Gasteiger partial charge in [0.2, 0.25) is 0 Å². The van der Waals surface area contributed by atoms with Crippen LogP contribution in [0.1, 0.15) is 108 Å². The van der Waals surface area contributed by atoms with E-state index < -0.39 is 16.4 Å². The van der Waals surface area contributed by atoms with Crippen molar-refractivity contribution in [3.05, 3.63) is 23.3 Å². The Kier molecular flexibility index (Phi) is 14.8. The first-order valence-electron chi connectivity index (χ1n) is 16.5. The molecule has 1 aliphatic heterocycles. The molecule has 0 aromatic carbocycles. The average molecular weight is 607 g/mol. The number of nitrogens with zero attached hydrogens (tertiary/aromatic N) is 2. The van der Waals surface area contributed by atoms with E-state index in [-0.39, 0.29) is 10.1 Å². The number of allylic oxidation sites excluding steroid dienone is 3. The Morgan fingerprint density at radius 2 is 1.61 bits per heavy atom. The maximum atomic E-state index is 6.58. The highest BCUT2D eigenvalue weighted by Gasteiger charge is 2.49. The lowest BCUT2D eigenvalue weighted by atomic mass is 9.93. The van der Waals surface area contributed by atoms with Crippen LogP contribution in [-0.2, 0) is 9.16 Å². The zero-order chi connectivity index (χ0) is 31.8.